The van der Waals surface area contributed by atoms with Gasteiger partial charge in [-0.3, -0.25) is 14.0 Å². The standard InChI is InChI=1S/C22H26N8OS/c1-14-18(15(2)28(3)27-14)20-25-21(23-8-5-10-29-9-4-6-17(29)31)19-22(26-20)30(13-24-19)16-7-11-32-12-16/h7,11-13H,4-6,8-10H2,1-3H3,(H,23,25,26). The van der Waals surface area contributed by atoms with Crippen LogP contribution in [0.15, 0.2) is 23.2 Å². The smallest absolute Gasteiger partial charge is 0.222 e. The minimum atomic E-state index is 0.258. The first kappa shape index (κ1) is 20.6. The molecule has 1 amide bonds. The Morgan fingerprint density at radius 1 is 1.25 bits per heavy atom. The van der Waals surface area contributed by atoms with Gasteiger partial charge in [0.2, 0.25) is 5.91 Å². The van der Waals surface area contributed by atoms with Crippen LogP contribution in [0.5, 0.6) is 0 Å². The molecule has 1 aliphatic rings. The second-order valence-corrected chi connectivity index (χ2v) is 8.88. The maximum Gasteiger partial charge on any atom is 0.222 e. The molecule has 1 N–H and O–H groups in total. The minimum absolute atomic E-state index is 0.258. The van der Waals surface area contributed by atoms with E-state index in [4.69, 9.17) is 9.97 Å². The maximum absolute atomic E-state index is 11.9. The molecule has 5 rings (SSSR count). The second-order valence-electron chi connectivity index (χ2n) is 8.10. The summed E-state index contributed by atoms with van der Waals surface area (Å²) in [6.45, 7) is 6.33. The van der Waals surface area contributed by atoms with Crippen LogP contribution in [0.4, 0.5) is 5.82 Å². The highest BCUT2D eigenvalue weighted by Gasteiger charge is 2.21. The SMILES string of the molecule is Cc1nn(C)c(C)c1-c1nc(NCCCN2CCCC2=O)c2ncn(-c3ccsc3)c2n1. The van der Waals surface area contributed by atoms with E-state index in [0.717, 1.165) is 59.7 Å². The Hall–Kier alpha value is -3.27. The van der Waals surface area contributed by atoms with Crippen molar-refractivity contribution in [3.05, 3.63) is 34.5 Å². The first-order valence-corrected chi connectivity index (χ1v) is 11.8. The summed E-state index contributed by atoms with van der Waals surface area (Å²) in [7, 11) is 1.93. The minimum Gasteiger partial charge on any atom is -0.368 e. The van der Waals surface area contributed by atoms with Gasteiger partial charge in [-0.25, -0.2) is 15.0 Å². The normalized spacial score (nSPS) is 14.1. The molecule has 0 atom stereocenters. The van der Waals surface area contributed by atoms with Gasteiger partial charge in [-0.2, -0.15) is 16.4 Å². The van der Waals surface area contributed by atoms with E-state index in [1.807, 2.05) is 46.5 Å². The van der Waals surface area contributed by atoms with Crippen LogP contribution in [0.3, 0.4) is 0 Å². The predicted octanol–water partition coefficient (Wildman–Crippen LogP) is 3.32. The van der Waals surface area contributed by atoms with Gasteiger partial charge in [-0.15, -0.1) is 0 Å². The van der Waals surface area contributed by atoms with E-state index < -0.39 is 0 Å². The number of anilines is 1. The quantitative estimate of drug-likeness (QED) is 0.434. The second kappa shape index (κ2) is 8.34. The Balaban J connectivity index is 1.50. The highest BCUT2D eigenvalue weighted by Crippen LogP contribution is 2.29. The molecule has 9 nitrogen and oxygen atoms in total. The largest absolute Gasteiger partial charge is 0.368 e. The summed E-state index contributed by atoms with van der Waals surface area (Å²) in [5.41, 5.74) is 5.37. The number of imidazole rings is 1. The number of hydrogen-bond acceptors (Lipinski definition) is 7. The lowest BCUT2D eigenvalue weighted by Gasteiger charge is -2.15. The lowest BCUT2D eigenvalue weighted by molar-refractivity contribution is -0.127. The van der Waals surface area contributed by atoms with Gasteiger partial charge < -0.3 is 10.2 Å². The molecule has 0 aliphatic carbocycles. The number of carbonyl (C=O) groups is 1. The molecule has 0 radical (unpaired) electrons. The monoisotopic (exact) mass is 450 g/mol. The van der Waals surface area contributed by atoms with E-state index in [2.05, 4.69) is 20.8 Å². The van der Waals surface area contributed by atoms with Gasteiger partial charge in [-0.05, 0) is 38.1 Å². The molecule has 32 heavy (non-hydrogen) atoms. The average Bonchev–Trinajstić information content (AvgIpc) is 3.54. The predicted molar refractivity (Wildman–Crippen MR) is 125 cm³/mol. The number of nitrogens with zero attached hydrogens (tertiary/aromatic N) is 7. The van der Waals surface area contributed by atoms with Crippen LogP contribution in [-0.2, 0) is 11.8 Å². The number of nitrogens with one attached hydrogen (secondary N) is 1. The Morgan fingerprint density at radius 2 is 2.12 bits per heavy atom. The van der Waals surface area contributed by atoms with Crippen LogP contribution in [0, 0.1) is 13.8 Å². The van der Waals surface area contributed by atoms with Crippen molar-refractivity contribution < 1.29 is 4.79 Å². The van der Waals surface area contributed by atoms with Crippen LogP contribution < -0.4 is 5.32 Å². The number of carbonyl (C=O) groups excluding carboxylic acids is 1. The van der Waals surface area contributed by atoms with Crippen LogP contribution in [-0.4, -0.2) is 59.7 Å². The van der Waals surface area contributed by atoms with Gasteiger partial charge in [0.05, 0.1) is 16.9 Å². The van der Waals surface area contributed by atoms with Gasteiger partial charge >= 0.3 is 0 Å². The Kier molecular flexibility index (Phi) is 5.38. The van der Waals surface area contributed by atoms with Crippen molar-refractivity contribution >= 4 is 34.2 Å². The number of fused-ring (bicyclic) bond motifs is 1. The van der Waals surface area contributed by atoms with Crippen molar-refractivity contribution in [3.63, 3.8) is 0 Å². The number of likely N-dealkylation sites (tertiary alicyclic amines) is 1. The molecule has 10 heteroatoms. The van der Waals surface area contributed by atoms with E-state index in [-0.39, 0.29) is 5.91 Å². The lowest BCUT2D eigenvalue weighted by Crippen LogP contribution is -2.27. The van der Waals surface area contributed by atoms with E-state index in [1.54, 1.807) is 17.7 Å². The van der Waals surface area contributed by atoms with E-state index in [0.29, 0.717) is 24.6 Å². The fraction of sp³-hybridized carbons (Fsp3) is 0.409. The van der Waals surface area contributed by atoms with Gasteiger partial charge in [0.1, 0.15) is 6.33 Å². The third-order valence-corrected chi connectivity index (χ3v) is 6.65. The molecule has 4 aromatic rings. The Bertz CT molecular complexity index is 1270. The summed E-state index contributed by atoms with van der Waals surface area (Å²) in [5.74, 6) is 1.60. The molecule has 1 saturated heterocycles. The fourth-order valence-corrected chi connectivity index (χ4v) is 4.86. The van der Waals surface area contributed by atoms with Crippen molar-refractivity contribution in [2.45, 2.75) is 33.1 Å². The Morgan fingerprint density at radius 3 is 2.81 bits per heavy atom. The molecule has 0 saturated carbocycles. The number of hydrogen-bond donors (Lipinski definition) is 1. The van der Waals surface area contributed by atoms with E-state index in [1.165, 1.54) is 0 Å². The molecule has 166 valence electrons. The average molecular weight is 451 g/mol. The lowest BCUT2D eigenvalue weighted by atomic mass is 10.2. The van der Waals surface area contributed by atoms with Gasteiger partial charge in [-0.1, -0.05) is 0 Å². The third-order valence-electron chi connectivity index (χ3n) is 5.98. The first-order chi connectivity index (χ1) is 15.5. The summed E-state index contributed by atoms with van der Waals surface area (Å²) >= 11 is 1.64. The first-order valence-electron chi connectivity index (χ1n) is 10.8. The molecular weight excluding hydrogens is 424 g/mol. The molecule has 0 spiro atoms. The number of amides is 1. The van der Waals surface area contributed by atoms with Crippen LogP contribution in [0.25, 0.3) is 28.2 Å². The zero-order valence-electron chi connectivity index (χ0n) is 18.5. The molecule has 0 unspecified atom stereocenters. The van der Waals surface area contributed by atoms with Gasteiger partial charge in [0, 0.05) is 44.2 Å². The number of rotatable bonds is 7. The third kappa shape index (κ3) is 3.64. The highest BCUT2D eigenvalue weighted by molar-refractivity contribution is 7.08. The fourth-order valence-electron chi connectivity index (χ4n) is 4.23. The molecule has 1 fully saturated rings. The van der Waals surface area contributed by atoms with E-state index in [9.17, 15) is 4.79 Å². The van der Waals surface area contributed by atoms with Crippen molar-refractivity contribution in [3.8, 4) is 17.1 Å². The van der Waals surface area contributed by atoms with Crippen LogP contribution in [0.2, 0.25) is 0 Å². The summed E-state index contributed by atoms with van der Waals surface area (Å²) in [6, 6.07) is 2.05. The van der Waals surface area contributed by atoms with Crippen molar-refractivity contribution in [1.82, 2.24) is 34.2 Å². The molecule has 0 aromatic carbocycles. The van der Waals surface area contributed by atoms with Crippen LogP contribution in [0.1, 0.15) is 30.7 Å². The van der Waals surface area contributed by atoms with Crippen molar-refractivity contribution in [1.29, 1.82) is 0 Å². The zero-order valence-corrected chi connectivity index (χ0v) is 19.3. The molecule has 0 bridgehead atoms. The van der Waals surface area contributed by atoms with Crippen molar-refractivity contribution in [2.24, 2.45) is 7.05 Å². The number of thiophene rings is 1. The molecule has 4 aromatic heterocycles. The summed E-state index contributed by atoms with van der Waals surface area (Å²) < 4.78 is 3.85. The molecule has 1 aliphatic heterocycles. The summed E-state index contributed by atoms with van der Waals surface area (Å²) in [6.07, 6.45) is 4.28. The van der Waals surface area contributed by atoms with Gasteiger partial charge in [0.15, 0.2) is 22.8 Å². The summed E-state index contributed by atoms with van der Waals surface area (Å²) in [4.78, 5) is 28.2. The number of aryl methyl sites for hydroxylation is 2. The summed E-state index contributed by atoms with van der Waals surface area (Å²) in [5, 5.41) is 12.1. The maximum atomic E-state index is 11.9. The van der Waals surface area contributed by atoms with Gasteiger partial charge in [0.25, 0.3) is 0 Å². The Labute approximate surface area is 190 Å². The van der Waals surface area contributed by atoms with E-state index >= 15 is 0 Å². The topological polar surface area (TPSA) is 93.8 Å². The molecule has 5 heterocycles. The van der Waals surface area contributed by atoms with Crippen molar-refractivity contribution in [2.75, 3.05) is 25.0 Å². The zero-order chi connectivity index (χ0) is 22.2. The highest BCUT2D eigenvalue weighted by atomic mass is 32.1. The molecular formula is C22H26N8OS. The number of aromatic nitrogens is 6. The van der Waals surface area contributed by atoms with Crippen LogP contribution >= 0.6 is 11.3 Å².